The first-order valence-electron chi connectivity index (χ1n) is 10.6. The van der Waals surface area contributed by atoms with Gasteiger partial charge in [0.1, 0.15) is 0 Å². The summed E-state index contributed by atoms with van der Waals surface area (Å²) in [6, 6.07) is 21.5. The maximum absolute atomic E-state index is 13.2. The van der Waals surface area contributed by atoms with Gasteiger partial charge in [0.15, 0.2) is 0 Å². The minimum Gasteiger partial charge on any atom is -0.355 e. The van der Waals surface area contributed by atoms with Gasteiger partial charge in [-0.2, -0.15) is 0 Å². The summed E-state index contributed by atoms with van der Waals surface area (Å²) in [6.07, 6.45) is 0.791. The maximum atomic E-state index is 13.2. The van der Waals surface area contributed by atoms with E-state index in [1.807, 2.05) is 59.5 Å². The van der Waals surface area contributed by atoms with Crippen LogP contribution in [0, 0.1) is 0 Å². The maximum Gasteiger partial charge on any atom is 0.254 e. The summed E-state index contributed by atoms with van der Waals surface area (Å²) in [5.74, 6) is -0.0500. The van der Waals surface area contributed by atoms with E-state index >= 15 is 0 Å². The fourth-order valence-corrected chi connectivity index (χ4v) is 4.31. The van der Waals surface area contributed by atoms with Crippen LogP contribution in [0.15, 0.2) is 66.7 Å². The second-order valence-corrected chi connectivity index (χ2v) is 7.86. The fourth-order valence-electron chi connectivity index (χ4n) is 4.31. The molecule has 1 aliphatic rings. The number of fused-ring (bicyclic) bond motifs is 1. The van der Waals surface area contributed by atoms with Gasteiger partial charge in [-0.25, -0.2) is 0 Å². The quantitative estimate of drug-likeness (QED) is 0.680. The van der Waals surface area contributed by atoms with Gasteiger partial charge in [0.25, 0.3) is 11.8 Å². The van der Waals surface area contributed by atoms with Gasteiger partial charge in [-0.3, -0.25) is 9.59 Å². The van der Waals surface area contributed by atoms with Crippen molar-refractivity contribution >= 4 is 11.8 Å². The second-order valence-electron chi connectivity index (χ2n) is 7.86. The molecule has 4 rings (SSSR count). The molecule has 0 radical (unpaired) electrons. The Bertz CT molecular complexity index is 1100. The Balaban J connectivity index is 1.62. The van der Waals surface area contributed by atoms with Gasteiger partial charge in [-0.1, -0.05) is 42.5 Å². The van der Waals surface area contributed by atoms with Gasteiger partial charge >= 0.3 is 0 Å². The fraction of sp³-hybridized carbons (Fsp3) is 0.231. The third kappa shape index (κ3) is 3.97. The zero-order valence-corrected chi connectivity index (χ0v) is 17.9. The number of nitrogens with two attached hydrogens (primary N) is 1. The smallest absolute Gasteiger partial charge is 0.254 e. The van der Waals surface area contributed by atoms with Gasteiger partial charge in [0.05, 0.1) is 6.04 Å². The summed E-state index contributed by atoms with van der Waals surface area (Å²) in [4.78, 5) is 26.9. The highest BCUT2D eigenvalue weighted by Gasteiger charge is 2.29. The molecule has 0 spiro atoms. The largest absolute Gasteiger partial charge is 0.355 e. The van der Waals surface area contributed by atoms with Crippen LogP contribution in [-0.4, -0.2) is 30.3 Å². The molecule has 5 heteroatoms. The lowest BCUT2D eigenvalue weighted by Gasteiger charge is -2.36. The summed E-state index contributed by atoms with van der Waals surface area (Å²) >= 11 is 0. The molecule has 1 atom stereocenters. The van der Waals surface area contributed by atoms with E-state index in [0.717, 1.165) is 23.1 Å². The molecular weight excluding hydrogens is 386 g/mol. The van der Waals surface area contributed by atoms with Gasteiger partial charge in [-0.05, 0) is 65.4 Å². The van der Waals surface area contributed by atoms with Crippen molar-refractivity contribution in [2.24, 2.45) is 5.73 Å². The predicted molar refractivity (Wildman–Crippen MR) is 123 cm³/mol. The molecule has 1 aliphatic heterocycles. The van der Waals surface area contributed by atoms with Crippen LogP contribution in [0.2, 0.25) is 0 Å². The highest BCUT2D eigenvalue weighted by atomic mass is 16.2. The van der Waals surface area contributed by atoms with Gasteiger partial charge < -0.3 is 16.0 Å². The molecule has 3 aromatic carbocycles. The summed E-state index contributed by atoms with van der Waals surface area (Å²) < 4.78 is 0. The van der Waals surface area contributed by atoms with Crippen LogP contribution in [0.1, 0.15) is 50.4 Å². The van der Waals surface area contributed by atoms with Gasteiger partial charge in [-0.15, -0.1) is 0 Å². The zero-order chi connectivity index (χ0) is 22.0. The van der Waals surface area contributed by atoms with E-state index in [1.165, 1.54) is 11.1 Å². The monoisotopic (exact) mass is 413 g/mol. The lowest BCUT2D eigenvalue weighted by Crippen LogP contribution is -2.39. The summed E-state index contributed by atoms with van der Waals surface area (Å²) in [5, 5.41) is 2.65. The molecule has 31 heavy (non-hydrogen) atoms. The van der Waals surface area contributed by atoms with E-state index < -0.39 is 0 Å². The molecule has 0 bridgehead atoms. The number of hydrogen-bond donors (Lipinski definition) is 2. The number of nitrogens with one attached hydrogen (secondary N) is 1. The highest BCUT2D eigenvalue weighted by Crippen LogP contribution is 2.36. The average molecular weight is 414 g/mol. The second kappa shape index (κ2) is 8.74. The molecular formula is C26H27N3O2. The van der Waals surface area contributed by atoms with Crippen LogP contribution in [0.25, 0.3) is 11.1 Å². The summed E-state index contributed by atoms with van der Waals surface area (Å²) in [7, 11) is 1.63. The van der Waals surface area contributed by atoms with E-state index in [-0.39, 0.29) is 17.9 Å². The Morgan fingerprint density at radius 3 is 2.32 bits per heavy atom. The van der Waals surface area contributed by atoms with Crippen molar-refractivity contribution in [2.45, 2.75) is 25.9 Å². The van der Waals surface area contributed by atoms with Crippen LogP contribution in [0.3, 0.4) is 0 Å². The minimum absolute atomic E-state index is 0.0180. The topological polar surface area (TPSA) is 75.4 Å². The lowest BCUT2D eigenvalue weighted by molar-refractivity contribution is 0.0677. The first-order valence-corrected chi connectivity index (χ1v) is 10.6. The normalized spacial score (nSPS) is 15.3. The van der Waals surface area contributed by atoms with Crippen molar-refractivity contribution in [1.82, 2.24) is 10.2 Å². The van der Waals surface area contributed by atoms with E-state index in [9.17, 15) is 9.59 Å². The lowest BCUT2D eigenvalue weighted by atomic mass is 9.86. The number of carbonyl (C=O) groups excluding carboxylic acids is 2. The van der Waals surface area contributed by atoms with Crippen LogP contribution in [0.5, 0.6) is 0 Å². The molecule has 0 fully saturated rings. The Hall–Kier alpha value is -3.44. The number of amides is 2. The van der Waals surface area contributed by atoms with Gasteiger partial charge in [0, 0.05) is 31.3 Å². The van der Waals surface area contributed by atoms with Crippen molar-refractivity contribution in [2.75, 3.05) is 13.6 Å². The van der Waals surface area contributed by atoms with Crippen LogP contribution in [-0.2, 0) is 13.0 Å². The van der Waals surface area contributed by atoms with E-state index in [0.29, 0.717) is 24.2 Å². The van der Waals surface area contributed by atoms with Crippen LogP contribution in [0.4, 0.5) is 0 Å². The molecule has 0 aliphatic carbocycles. The number of rotatable bonds is 4. The first kappa shape index (κ1) is 20.8. The van der Waals surface area contributed by atoms with Gasteiger partial charge in [0.2, 0.25) is 0 Å². The minimum atomic E-state index is -0.0936. The summed E-state index contributed by atoms with van der Waals surface area (Å²) in [6.45, 7) is 3.22. The molecule has 0 aromatic heterocycles. The molecule has 1 heterocycles. The molecule has 3 N–H and O–H groups in total. The Kier molecular flexibility index (Phi) is 5.87. The number of carbonyl (C=O) groups is 2. The van der Waals surface area contributed by atoms with Crippen LogP contribution < -0.4 is 11.1 Å². The Morgan fingerprint density at radius 1 is 1.00 bits per heavy atom. The highest BCUT2D eigenvalue weighted by molar-refractivity contribution is 5.95. The molecule has 0 saturated carbocycles. The number of benzene rings is 3. The predicted octanol–water partition coefficient (Wildman–Crippen LogP) is 3.93. The van der Waals surface area contributed by atoms with Crippen molar-refractivity contribution < 1.29 is 9.59 Å². The molecule has 158 valence electrons. The van der Waals surface area contributed by atoms with E-state index in [2.05, 4.69) is 24.4 Å². The molecule has 5 nitrogen and oxygen atoms in total. The SMILES string of the molecule is CNC(=O)c1ccc(-c2cccc3c2CCN(C(=O)c2ccc(CN)cc2)C3C)cc1. The van der Waals surface area contributed by atoms with E-state index in [4.69, 9.17) is 5.73 Å². The zero-order valence-electron chi connectivity index (χ0n) is 17.9. The first-order chi connectivity index (χ1) is 15.0. The molecule has 2 amide bonds. The van der Waals surface area contributed by atoms with Crippen molar-refractivity contribution in [3.05, 3.63) is 94.5 Å². The standard InChI is InChI=1S/C26H27N3O2/c1-17-22-4-3-5-23(19-10-12-20(13-11-19)25(30)28-2)24(22)14-15-29(17)26(31)21-8-6-18(16-27)7-9-21/h3-13,17H,14-16,27H2,1-2H3,(H,28,30). The Morgan fingerprint density at radius 2 is 1.68 bits per heavy atom. The third-order valence-electron chi connectivity index (χ3n) is 6.12. The average Bonchev–Trinajstić information content (AvgIpc) is 2.83. The van der Waals surface area contributed by atoms with Crippen molar-refractivity contribution in [3.63, 3.8) is 0 Å². The number of nitrogens with zero attached hydrogens (tertiary/aromatic N) is 1. The molecule has 0 saturated heterocycles. The number of hydrogen-bond acceptors (Lipinski definition) is 3. The molecule has 3 aromatic rings. The molecule has 1 unspecified atom stereocenters. The van der Waals surface area contributed by atoms with E-state index in [1.54, 1.807) is 7.05 Å². The van der Waals surface area contributed by atoms with Crippen LogP contribution >= 0.6 is 0 Å². The third-order valence-corrected chi connectivity index (χ3v) is 6.12. The Labute approximate surface area is 182 Å². The van der Waals surface area contributed by atoms with Crippen molar-refractivity contribution in [3.8, 4) is 11.1 Å². The summed E-state index contributed by atoms with van der Waals surface area (Å²) in [5.41, 5.74) is 12.7. The van der Waals surface area contributed by atoms with Crippen molar-refractivity contribution in [1.29, 1.82) is 0 Å².